The Morgan fingerprint density at radius 3 is 2.37 bits per heavy atom. The lowest BCUT2D eigenvalue weighted by Gasteiger charge is -2.41. The summed E-state index contributed by atoms with van der Waals surface area (Å²) in [6.07, 6.45) is 2.38. The van der Waals surface area contributed by atoms with E-state index in [-0.39, 0.29) is 40.2 Å². The molecule has 2 aromatic rings. The summed E-state index contributed by atoms with van der Waals surface area (Å²) >= 11 is 8.12. The normalized spacial score (nSPS) is 25.2. The van der Waals surface area contributed by atoms with Crippen LogP contribution in [-0.4, -0.2) is 43.6 Å². The molecule has 1 spiro atoms. The Labute approximate surface area is 212 Å². The van der Waals surface area contributed by atoms with Crippen molar-refractivity contribution in [2.24, 2.45) is 5.92 Å². The number of Topliss-reactive ketones (excluding diaryl/α,β-unsaturated/α-hetero) is 2. The standard InChI is InChI=1S/C26H24ClNO6S/c1-12-9-16-20(15(10-19(29)28-16)13-5-7-14(35-4)8-6-13)24(30)26(12)25(31)21-17(32-2)11-18(33-3)22(27)23(21)34-26/h5-8,11-12,15H,9-10H2,1-4H3,(H,28,29)/t12-,15-,26+/m1/s1. The van der Waals surface area contributed by atoms with Gasteiger partial charge < -0.3 is 19.5 Å². The molecule has 182 valence electrons. The monoisotopic (exact) mass is 513 g/mol. The second-order valence-corrected chi connectivity index (χ2v) is 10.1. The molecule has 3 aliphatic rings. The van der Waals surface area contributed by atoms with Gasteiger partial charge in [-0.3, -0.25) is 14.4 Å². The third-order valence-corrected chi connectivity index (χ3v) is 8.18. The lowest BCUT2D eigenvalue weighted by atomic mass is 9.66. The molecule has 3 atom stereocenters. The first kappa shape index (κ1) is 23.8. The second-order valence-electron chi connectivity index (χ2n) is 8.87. The fourth-order valence-corrected chi connectivity index (χ4v) is 5.98. The quantitative estimate of drug-likeness (QED) is 0.473. The highest BCUT2D eigenvalue weighted by molar-refractivity contribution is 7.98. The zero-order chi connectivity index (χ0) is 25.1. The number of methoxy groups -OCH3 is 2. The molecule has 1 aliphatic carbocycles. The zero-order valence-electron chi connectivity index (χ0n) is 19.7. The molecule has 2 aromatic carbocycles. The number of carbonyl (C=O) groups excluding carboxylic acids is 3. The molecule has 0 saturated carbocycles. The van der Waals surface area contributed by atoms with Gasteiger partial charge in [-0.25, -0.2) is 0 Å². The number of rotatable bonds is 4. The molecule has 7 nitrogen and oxygen atoms in total. The van der Waals surface area contributed by atoms with Crippen molar-refractivity contribution in [3.63, 3.8) is 0 Å². The van der Waals surface area contributed by atoms with Crippen LogP contribution >= 0.6 is 23.4 Å². The number of allylic oxidation sites excluding steroid dienone is 1. The molecule has 35 heavy (non-hydrogen) atoms. The highest BCUT2D eigenvalue weighted by Gasteiger charge is 2.63. The van der Waals surface area contributed by atoms with Crippen LogP contribution in [0.4, 0.5) is 0 Å². The van der Waals surface area contributed by atoms with E-state index in [0.29, 0.717) is 17.7 Å². The Balaban J connectivity index is 1.65. The van der Waals surface area contributed by atoms with Crippen molar-refractivity contribution in [1.82, 2.24) is 5.32 Å². The molecule has 0 saturated heterocycles. The minimum Gasteiger partial charge on any atom is -0.496 e. The van der Waals surface area contributed by atoms with Gasteiger partial charge in [0, 0.05) is 40.5 Å². The number of fused-ring (bicyclic) bond motifs is 1. The lowest BCUT2D eigenvalue weighted by molar-refractivity contribution is -0.131. The number of ketones is 2. The Morgan fingerprint density at radius 2 is 1.74 bits per heavy atom. The van der Waals surface area contributed by atoms with Crippen LogP contribution in [0, 0.1) is 5.92 Å². The molecule has 0 aromatic heterocycles. The number of nitrogens with one attached hydrogen (secondary N) is 1. The maximum Gasteiger partial charge on any atom is 0.236 e. The van der Waals surface area contributed by atoms with Crippen molar-refractivity contribution >= 4 is 40.8 Å². The highest BCUT2D eigenvalue weighted by atomic mass is 35.5. The Morgan fingerprint density at radius 1 is 1.06 bits per heavy atom. The molecule has 1 N–H and O–H groups in total. The van der Waals surface area contributed by atoms with Gasteiger partial charge in [-0.05, 0) is 30.4 Å². The maximum atomic E-state index is 14.3. The number of hydrogen-bond acceptors (Lipinski definition) is 7. The molecule has 2 aliphatic heterocycles. The lowest BCUT2D eigenvalue weighted by Crippen LogP contribution is -2.59. The van der Waals surface area contributed by atoms with Crippen LogP contribution in [0.1, 0.15) is 41.6 Å². The molecule has 0 unspecified atom stereocenters. The van der Waals surface area contributed by atoms with Gasteiger partial charge in [0.1, 0.15) is 22.1 Å². The number of thioether (sulfide) groups is 1. The summed E-state index contributed by atoms with van der Waals surface area (Å²) in [6, 6.07) is 9.29. The number of amides is 1. The van der Waals surface area contributed by atoms with Crippen molar-refractivity contribution in [2.45, 2.75) is 36.2 Å². The molecule has 1 amide bonds. The van der Waals surface area contributed by atoms with Gasteiger partial charge in [-0.2, -0.15) is 0 Å². The van der Waals surface area contributed by atoms with Crippen molar-refractivity contribution in [3.8, 4) is 17.2 Å². The Hall–Kier alpha value is -2.97. The molecule has 0 fully saturated rings. The average Bonchev–Trinajstić information content (AvgIpc) is 3.17. The predicted molar refractivity (Wildman–Crippen MR) is 132 cm³/mol. The van der Waals surface area contributed by atoms with E-state index in [0.717, 1.165) is 10.5 Å². The van der Waals surface area contributed by atoms with Gasteiger partial charge in [-0.1, -0.05) is 30.7 Å². The minimum absolute atomic E-state index is 0.0813. The van der Waals surface area contributed by atoms with Gasteiger partial charge in [-0.15, -0.1) is 11.8 Å². The molecular weight excluding hydrogens is 490 g/mol. The number of hydrogen-bond donors (Lipinski definition) is 1. The van der Waals surface area contributed by atoms with Crippen LogP contribution in [0.25, 0.3) is 0 Å². The van der Waals surface area contributed by atoms with Crippen molar-refractivity contribution < 1.29 is 28.6 Å². The summed E-state index contributed by atoms with van der Waals surface area (Å²) in [4.78, 5) is 41.9. The summed E-state index contributed by atoms with van der Waals surface area (Å²) in [7, 11) is 2.88. The van der Waals surface area contributed by atoms with Crippen molar-refractivity contribution in [2.75, 3.05) is 20.5 Å². The first-order valence-electron chi connectivity index (χ1n) is 11.2. The minimum atomic E-state index is -1.80. The van der Waals surface area contributed by atoms with E-state index in [1.807, 2.05) is 30.5 Å². The fourth-order valence-electron chi connectivity index (χ4n) is 5.31. The summed E-state index contributed by atoms with van der Waals surface area (Å²) in [5, 5.41) is 2.98. The van der Waals surface area contributed by atoms with E-state index in [9.17, 15) is 14.4 Å². The van der Waals surface area contributed by atoms with Crippen molar-refractivity contribution in [1.29, 1.82) is 0 Å². The largest absolute Gasteiger partial charge is 0.496 e. The third kappa shape index (κ3) is 3.37. The summed E-state index contributed by atoms with van der Waals surface area (Å²) in [5.41, 5.74) is 0.116. The van der Waals surface area contributed by atoms with Gasteiger partial charge >= 0.3 is 0 Å². The molecule has 2 heterocycles. The molecule has 9 heteroatoms. The van der Waals surface area contributed by atoms with Gasteiger partial charge in [0.25, 0.3) is 0 Å². The van der Waals surface area contributed by atoms with Crippen LogP contribution in [0.2, 0.25) is 5.02 Å². The van der Waals surface area contributed by atoms with Gasteiger partial charge in [0.05, 0.1) is 14.2 Å². The third-order valence-electron chi connectivity index (χ3n) is 7.08. The zero-order valence-corrected chi connectivity index (χ0v) is 21.3. The first-order chi connectivity index (χ1) is 16.8. The van der Waals surface area contributed by atoms with E-state index in [1.165, 1.54) is 20.3 Å². The van der Waals surface area contributed by atoms with Crippen LogP contribution in [-0.2, 0) is 9.59 Å². The Kier molecular flexibility index (Phi) is 5.84. The van der Waals surface area contributed by atoms with E-state index in [4.69, 9.17) is 25.8 Å². The number of carbonyl (C=O) groups is 3. The van der Waals surface area contributed by atoms with Crippen LogP contribution < -0.4 is 19.5 Å². The predicted octanol–water partition coefficient (Wildman–Crippen LogP) is 4.56. The first-order valence-corrected chi connectivity index (χ1v) is 12.8. The van der Waals surface area contributed by atoms with Gasteiger partial charge in [0.2, 0.25) is 23.1 Å². The fraction of sp³-hybridized carbons (Fsp3) is 0.346. The molecule has 0 radical (unpaired) electrons. The summed E-state index contributed by atoms with van der Waals surface area (Å²) < 4.78 is 17.0. The average molecular weight is 514 g/mol. The number of benzene rings is 2. The topological polar surface area (TPSA) is 90.9 Å². The summed E-state index contributed by atoms with van der Waals surface area (Å²) in [6.45, 7) is 1.77. The SMILES string of the molecule is COc1cc(OC)c2c(c1Cl)O[C@@]1(C(=O)C3=C(C[C@H]1C)NC(=O)C[C@@H]3c1ccc(SC)cc1)C2=O. The van der Waals surface area contributed by atoms with E-state index < -0.39 is 29.0 Å². The molecule has 0 bridgehead atoms. The summed E-state index contributed by atoms with van der Waals surface area (Å²) in [5.74, 6) is -1.57. The van der Waals surface area contributed by atoms with Crippen LogP contribution in [0.3, 0.4) is 0 Å². The molecular formula is C26H24ClNO6S. The number of ether oxygens (including phenoxy) is 3. The second kappa shape index (κ2) is 8.60. The van der Waals surface area contributed by atoms with E-state index in [1.54, 1.807) is 18.7 Å². The van der Waals surface area contributed by atoms with Crippen molar-refractivity contribution in [3.05, 3.63) is 57.8 Å². The van der Waals surface area contributed by atoms with Gasteiger partial charge in [0.15, 0.2) is 5.75 Å². The van der Waals surface area contributed by atoms with Crippen LogP contribution in [0.15, 0.2) is 46.5 Å². The van der Waals surface area contributed by atoms with E-state index in [2.05, 4.69) is 5.32 Å². The smallest absolute Gasteiger partial charge is 0.236 e. The number of halogens is 1. The molecule has 5 rings (SSSR count). The maximum absolute atomic E-state index is 14.3. The Bertz CT molecular complexity index is 1300. The highest BCUT2D eigenvalue weighted by Crippen LogP contribution is 2.55. The van der Waals surface area contributed by atoms with Crippen LogP contribution in [0.5, 0.6) is 17.2 Å². The van der Waals surface area contributed by atoms with E-state index >= 15 is 0 Å².